The minimum Gasteiger partial charge on any atom is -0.316 e. The first-order valence-electron chi connectivity index (χ1n) is 7.05. The predicted octanol–water partition coefficient (Wildman–Crippen LogP) is -0.0311. The molecule has 1 aromatic heterocycles. The van der Waals surface area contributed by atoms with Gasteiger partial charge in [-0.05, 0) is 24.3 Å². The molecule has 2 aromatic rings. The third-order valence-corrected chi connectivity index (χ3v) is 3.51. The van der Waals surface area contributed by atoms with Gasteiger partial charge in [-0.2, -0.15) is 0 Å². The van der Waals surface area contributed by atoms with Crippen LogP contribution in [0.15, 0.2) is 40.1 Å². The monoisotopic (exact) mass is 328 g/mol. The summed E-state index contributed by atoms with van der Waals surface area (Å²) in [6.07, 6.45) is 1.45. The van der Waals surface area contributed by atoms with E-state index in [0.717, 1.165) is 11.1 Å². The van der Waals surface area contributed by atoms with Gasteiger partial charge in [0.2, 0.25) is 11.8 Å². The molecule has 3 N–H and O–H groups in total. The Kier molecular flexibility index (Phi) is 3.82. The van der Waals surface area contributed by atoms with Gasteiger partial charge in [0.25, 0.3) is 11.5 Å². The molecule has 9 heteroatoms. The van der Waals surface area contributed by atoms with E-state index in [-0.39, 0.29) is 35.9 Å². The Balaban J connectivity index is 1.79. The molecular formula is C15H12N4O5. The van der Waals surface area contributed by atoms with Gasteiger partial charge < -0.3 is 10.3 Å². The molecule has 0 bridgehead atoms. The zero-order valence-electron chi connectivity index (χ0n) is 12.3. The Morgan fingerprint density at radius 2 is 1.62 bits per heavy atom. The molecule has 24 heavy (non-hydrogen) atoms. The highest BCUT2D eigenvalue weighted by molar-refractivity contribution is 6.20. The van der Waals surface area contributed by atoms with Gasteiger partial charge in [0.05, 0.1) is 5.69 Å². The lowest BCUT2D eigenvalue weighted by Gasteiger charge is -2.14. The number of aromatic nitrogens is 2. The summed E-state index contributed by atoms with van der Waals surface area (Å²) in [6.45, 7) is 0. The van der Waals surface area contributed by atoms with Crippen molar-refractivity contribution >= 4 is 29.1 Å². The Bertz CT molecular complexity index is 925. The van der Waals surface area contributed by atoms with E-state index in [1.807, 2.05) is 4.98 Å². The van der Waals surface area contributed by atoms with Crippen LogP contribution in [0.1, 0.15) is 23.2 Å². The first-order chi connectivity index (χ1) is 11.5. The second kappa shape index (κ2) is 5.95. The third-order valence-electron chi connectivity index (χ3n) is 3.51. The van der Waals surface area contributed by atoms with Crippen LogP contribution in [-0.4, -0.2) is 27.7 Å². The minimum absolute atomic E-state index is 0.103. The van der Waals surface area contributed by atoms with Crippen LogP contribution in [0.4, 0.5) is 11.4 Å². The molecule has 0 atom stereocenters. The van der Waals surface area contributed by atoms with E-state index in [0.29, 0.717) is 5.69 Å². The van der Waals surface area contributed by atoms with Gasteiger partial charge in [0, 0.05) is 24.6 Å². The van der Waals surface area contributed by atoms with E-state index in [2.05, 4.69) is 10.3 Å². The summed E-state index contributed by atoms with van der Waals surface area (Å²) >= 11 is 0. The number of rotatable bonds is 3. The number of hydrogen-bond donors (Lipinski definition) is 3. The molecule has 2 heterocycles. The lowest BCUT2D eigenvalue weighted by atomic mass is 10.2. The average Bonchev–Trinajstić information content (AvgIpc) is 2.89. The number of aromatic amines is 2. The fourth-order valence-corrected chi connectivity index (χ4v) is 2.32. The van der Waals surface area contributed by atoms with Gasteiger partial charge >= 0.3 is 5.69 Å². The molecule has 1 aliphatic heterocycles. The first-order valence-corrected chi connectivity index (χ1v) is 7.05. The molecule has 3 amide bonds. The summed E-state index contributed by atoms with van der Waals surface area (Å²) in [6, 6.07) is 5.83. The molecule has 3 rings (SSSR count). The van der Waals surface area contributed by atoms with Gasteiger partial charge in [-0.3, -0.25) is 29.1 Å². The van der Waals surface area contributed by atoms with Crippen LogP contribution in [-0.2, 0) is 9.59 Å². The summed E-state index contributed by atoms with van der Waals surface area (Å²) in [4.78, 5) is 63.2. The van der Waals surface area contributed by atoms with Crippen LogP contribution in [0.2, 0.25) is 0 Å². The topological polar surface area (TPSA) is 132 Å². The minimum atomic E-state index is -0.725. The maximum absolute atomic E-state index is 12.1. The van der Waals surface area contributed by atoms with Crippen molar-refractivity contribution in [2.24, 2.45) is 0 Å². The fourth-order valence-electron chi connectivity index (χ4n) is 2.32. The molecule has 0 radical (unpaired) electrons. The van der Waals surface area contributed by atoms with Crippen LogP contribution in [0.25, 0.3) is 0 Å². The number of carbonyl (C=O) groups excluding carboxylic acids is 3. The van der Waals surface area contributed by atoms with Crippen LogP contribution >= 0.6 is 0 Å². The van der Waals surface area contributed by atoms with Crippen molar-refractivity contribution in [3.63, 3.8) is 0 Å². The molecular weight excluding hydrogens is 316 g/mol. The van der Waals surface area contributed by atoms with Crippen LogP contribution in [0.5, 0.6) is 0 Å². The molecule has 1 aliphatic rings. The molecule has 1 fully saturated rings. The first kappa shape index (κ1) is 15.4. The normalized spacial score (nSPS) is 14.1. The number of nitrogens with zero attached hydrogens (tertiary/aromatic N) is 1. The van der Waals surface area contributed by atoms with E-state index in [1.54, 1.807) is 0 Å². The number of carbonyl (C=O) groups is 3. The zero-order chi connectivity index (χ0) is 17.3. The summed E-state index contributed by atoms with van der Waals surface area (Å²) in [5, 5.41) is 2.36. The van der Waals surface area contributed by atoms with Crippen molar-refractivity contribution in [1.29, 1.82) is 0 Å². The Hall–Kier alpha value is -3.49. The summed E-state index contributed by atoms with van der Waals surface area (Å²) in [7, 11) is 0. The second-order valence-electron chi connectivity index (χ2n) is 5.11. The SMILES string of the molecule is O=C(Nc1c[nH]c(=O)[nH]c1=O)c1ccc(N2C(=O)CCC2=O)cc1. The van der Waals surface area contributed by atoms with Crippen molar-refractivity contribution in [1.82, 2.24) is 9.97 Å². The highest BCUT2D eigenvalue weighted by Crippen LogP contribution is 2.22. The number of nitrogens with one attached hydrogen (secondary N) is 3. The molecule has 1 saturated heterocycles. The van der Waals surface area contributed by atoms with Crippen molar-refractivity contribution in [3.8, 4) is 0 Å². The summed E-state index contributed by atoms with van der Waals surface area (Å²) in [5.41, 5.74) is -0.891. The number of H-pyrrole nitrogens is 2. The van der Waals surface area contributed by atoms with Gasteiger partial charge in [0.15, 0.2) is 0 Å². The van der Waals surface area contributed by atoms with Gasteiger partial charge in [0.1, 0.15) is 5.69 Å². The Morgan fingerprint density at radius 1 is 1.00 bits per heavy atom. The zero-order valence-corrected chi connectivity index (χ0v) is 12.3. The van der Waals surface area contributed by atoms with Crippen LogP contribution in [0, 0.1) is 0 Å². The highest BCUT2D eigenvalue weighted by atomic mass is 16.2. The fraction of sp³-hybridized carbons (Fsp3) is 0.133. The number of imide groups is 1. The summed E-state index contributed by atoms with van der Waals surface area (Å²) < 4.78 is 0. The van der Waals surface area contributed by atoms with E-state index in [1.165, 1.54) is 24.3 Å². The molecule has 0 aliphatic carbocycles. The van der Waals surface area contributed by atoms with Crippen molar-refractivity contribution in [2.75, 3.05) is 10.2 Å². The quantitative estimate of drug-likeness (QED) is 0.681. The number of amides is 3. The van der Waals surface area contributed by atoms with Crippen molar-refractivity contribution in [3.05, 3.63) is 56.9 Å². The third kappa shape index (κ3) is 2.86. The van der Waals surface area contributed by atoms with Crippen LogP contribution in [0.3, 0.4) is 0 Å². The molecule has 0 saturated carbocycles. The second-order valence-corrected chi connectivity index (χ2v) is 5.11. The number of anilines is 2. The Morgan fingerprint density at radius 3 is 2.21 bits per heavy atom. The van der Waals surface area contributed by atoms with Gasteiger partial charge in [-0.25, -0.2) is 4.79 Å². The Labute approximate surface area is 134 Å². The number of hydrogen-bond acceptors (Lipinski definition) is 5. The molecule has 0 spiro atoms. The number of benzene rings is 1. The smallest absolute Gasteiger partial charge is 0.316 e. The van der Waals surface area contributed by atoms with Crippen molar-refractivity contribution < 1.29 is 14.4 Å². The molecule has 9 nitrogen and oxygen atoms in total. The highest BCUT2D eigenvalue weighted by Gasteiger charge is 2.30. The lowest BCUT2D eigenvalue weighted by molar-refractivity contribution is -0.121. The molecule has 0 unspecified atom stereocenters. The summed E-state index contributed by atoms with van der Waals surface area (Å²) in [5.74, 6) is -1.13. The largest absolute Gasteiger partial charge is 0.325 e. The van der Waals surface area contributed by atoms with E-state index in [4.69, 9.17) is 0 Å². The van der Waals surface area contributed by atoms with E-state index >= 15 is 0 Å². The molecule has 122 valence electrons. The molecule has 1 aromatic carbocycles. The van der Waals surface area contributed by atoms with Gasteiger partial charge in [-0.1, -0.05) is 0 Å². The standard InChI is InChI=1S/C15H12N4O5/c20-11-5-6-12(21)19(11)9-3-1-8(2-4-9)13(22)17-10-7-16-15(24)18-14(10)23/h1-4,7H,5-6H2,(H,17,22)(H2,16,18,23,24). The van der Waals surface area contributed by atoms with Crippen LogP contribution < -0.4 is 21.5 Å². The maximum Gasteiger partial charge on any atom is 0.325 e. The average molecular weight is 328 g/mol. The van der Waals surface area contributed by atoms with E-state index in [9.17, 15) is 24.0 Å². The van der Waals surface area contributed by atoms with Crippen molar-refractivity contribution in [2.45, 2.75) is 12.8 Å². The van der Waals surface area contributed by atoms with E-state index < -0.39 is 17.2 Å². The lowest BCUT2D eigenvalue weighted by Crippen LogP contribution is -2.28. The maximum atomic E-state index is 12.1. The predicted molar refractivity (Wildman–Crippen MR) is 83.8 cm³/mol. The van der Waals surface area contributed by atoms with Gasteiger partial charge in [-0.15, -0.1) is 0 Å².